The van der Waals surface area contributed by atoms with Gasteiger partial charge in [0, 0.05) is 46.4 Å². The van der Waals surface area contributed by atoms with Crippen molar-refractivity contribution < 1.29 is 5.11 Å². The number of hydrogen-bond donors (Lipinski definition) is 1. The molecule has 5 heteroatoms. The van der Waals surface area contributed by atoms with E-state index >= 15 is 0 Å². The van der Waals surface area contributed by atoms with Gasteiger partial charge in [-0.1, -0.05) is 163 Å². The predicted octanol–water partition coefficient (Wildman–Crippen LogP) is 15.9. The monoisotopic (exact) mass is 856 g/mol. The van der Waals surface area contributed by atoms with Gasteiger partial charge in [-0.05, 0) is 110 Å². The van der Waals surface area contributed by atoms with Crippen LogP contribution in [-0.2, 0) is 17.9 Å². The number of imidazole rings is 1. The van der Waals surface area contributed by atoms with Gasteiger partial charge in [0.05, 0.1) is 33.3 Å². The second-order valence-electron chi connectivity index (χ2n) is 19.7. The molecule has 5 nitrogen and oxygen atoms in total. The van der Waals surface area contributed by atoms with Gasteiger partial charge < -0.3 is 14.2 Å². The summed E-state index contributed by atoms with van der Waals surface area (Å²) in [5.74, 6) is 0.904. The Kier molecular flexibility index (Phi) is 9.59. The number of phenols is 1. The number of hydrogen-bond acceptors (Lipinski definition) is 3. The molecule has 3 aromatic heterocycles. The molecule has 1 N–H and O–H groups in total. The molecule has 66 heavy (non-hydrogen) atoms. The molecule has 11 aromatic rings. The van der Waals surface area contributed by atoms with Crippen LogP contribution in [0.5, 0.6) is 5.75 Å². The van der Waals surface area contributed by atoms with Crippen molar-refractivity contribution in [3.63, 3.8) is 0 Å². The maximum absolute atomic E-state index is 11.9. The second kappa shape index (κ2) is 15.5. The number of nitrogens with zero attached hydrogens (tertiary/aromatic N) is 4. The summed E-state index contributed by atoms with van der Waals surface area (Å²) in [6, 6.07) is 62.5. The maximum atomic E-state index is 11.9. The number of para-hydroxylation sites is 4. The molecule has 0 spiro atoms. The van der Waals surface area contributed by atoms with E-state index in [-0.39, 0.29) is 16.6 Å². The molecular formula is C61H52N4O. The van der Waals surface area contributed by atoms with Crippen molar-refractivity contribution in [3.05, 3.63) is 193 Å². The Morgan fingerprint density at radius 1 is 0.500 bits per heavy atom. The van der Waals surface area contributed by atoms with Crippen molar-refractivity contribution in [2.45, 2.75) is 52.4 Å². The minimum Gasteiger partial charge on any atom is -0.507 e. The number of phenolic OH excluding ortho intramolecular Hbond substituents is 1. The fraction of sp³-hybridized carbons (Fsp3) is 0.148. The minimum atomic E-state index is -0.107. The van der Waals surface area contributed by atoms with E-state index < -0.39 is 0 Å². The molecule has 0 fully saturated rings. The van der Waals surface area contributed by atoms with Crippen LogP contribution in [-0.4, -0.2) is 24.2 Å². The summed E-state index contributed by atoms with van der Waals surface area (Å²) in [6.07, 6.45) is 1.92. The first-order valence-electron chi connectivity index (χ1n) is 22.9. The van der Waals surface area contributed by atoms with Crippen LogP contribution >= 0.6 is 0 Å². The SMILES string of the molecule is Cn1c(-c2ccc(-c3c(C(C)(C)C)ccc4cc(C(C)(C)C)ccc34)cc2O)nc2c(-c3cccc(-c4cc(-c5cccc6c7ccccc7n(-c7ccccc7)c56)ccn4)c3)cccc21. The van der Waals surface area contributed by atoms with Crippen LogP contribution in [0.3, 0.4) is 0 Å². The van der Waals surface area contributed by atoms with Crippen molar-refractivity contribution in [1.82, 2.24) is 19.1 Å². The molecule has 0 saturated carbocycles. The Bertz CT molecular complexity index is 3690. The molecule has 8 aromatic carbocycles. The topological polar surface area (TPSA) is 55.9 Å². The zero-order valence-electron chi connectivity index (χ0n) is 38.6. The van der Waals surface area contributed by atoms with E-state index in [1.165, 1.54) is 43.7 Å². The number of aromatic hydroxyl groups is 1. The zero-order valence-corrected chi connectivity index (χ0v) is 38.6. The molecule has 0 aliphatic rings. The summed E-state index contributed by atoms with van der Waals surface area (Å²) >= 11 is 0. The normalized spacial score (nSPS) is 12.2. The number of pyridine rings is 1. The summed E-state index contributed by atoms with van der Waals surface area (Å²) in [4.78, 5) is 10.2. The Morgan fingerprint density at radius 3 is 2.02 bits per heavy atom. The third-order valence-electron chi connectivity index (χ3n) is 13.4. The van der Waals surface area contributed by atoms with Crippen molar-refractivity contribution >= 4 is 43.6 Å². The summed E-state index contributed by atoms with van der Waals surface area (Å²) in [6.45, 7) is 13.5. The average Bonchev–Trinajstić information content (AvgIpc) is 3.85. The van der Waals surface area contributed by atoms with Crippen molar-refractivity contribution in [2.24, 2.45) is 7.05 Å². The van der Waals surface area contributed by atoms with E-state index in [0.29, 0.717) is 11.4 Å². The van der Waals surface area contributed by atoms with Crippen molar-refractivity contribution in [2.75, 3.05) is 0 Å². The number of aryl methyl sites for hydroxylation is 1. The van der Waals surface area contributed by atoms with Gasteiger partial charge in [0.2, 0.25) is 0 Å². The second-order valence-corrected chi connectivity index (χ2v) is 19.7. The number of aromatic nitrogens is 4. The van der Waals surface area contributed by atoms with Gasteiger partial charge in [0.15, 0.2) is 0 Å². The predicted molar refractivity (Wildman–Crippen MR) is 277 cm³/mol. The fourth-order valence-electron chi connectivity index (χ4n) is 10.00. The smallest absolute Gasteiger partial charge is 0.144 e. The fourth-order valence-corrected chi connectivity index (χ4v) is 10.00. The molecule has 322 valence electrons. The zero-order chi connectivity index (χ0) is 45.5. The van der Waals surface area contributed by atoms with Crippen LogP contribution in [0.1, 0.15) is 52.7 Å². The molecule has 0 radical (unpaired) electrons. The van der Waals surface area contributed by atoms with Crippen LogP contribution in [0.25, 0.3) is 105 Å². The average molecular weight is 857 g/mol. The van der Waals surface area contributed by atoms with Gasteiger partial charge in [-0.3, -0.25) is 4.98 Å². The van der Waals surface area contributed by atoms with Crippen LogP contribution < -0.4 is 0 Å². The molecule has 0 aliphatic carbocycles. The van der Waals surface area contributed by atoms with Crippen molar-refractivity contribution in [1.29, 1.82) is 0 Å². The van der Waals surface area contributed by atoms with Crippen LogP contribution in [0.4, 0.5) is 0 Å². The molecule has 0 aliphatic heterocycles. The van der Waals surface area contributed by atoms with E-state index in [1.807, 2.05) is 25.4 Å². The minimum absolute atomic E-state index is 0.0400. The van der Waals surface area contributed by atoms with Gasteiger partial charge in [0.1, 0.15) is 11.6 Å². The summed E-state index contributed by atoms with van der Waals surface area (Å²) in [7, 11) is 2.03. The number of benzene rings is 8. The Balaban J connectivity index is 0.975. The lowest BCUT2D eigenvalue weighted by molar-refractivity contribution is 0.477. The molecule has 0 bridgehead atoms. The van der Waals surface area contributed by atoms with E-state index in [4.69, 9.17) is 9.97 Å². The highest BCUT2D eigenvalue weighted by molar-refractivity contribution is 6.14. The summed E-state index contributed by atoms with van der Waals surface area (Å²) in [5.41, 5.74) is 16.9. The quantitative estimate of drug-likeness (QED) is 0.181. The summed E-state index contributed by atoms with van der Waals surface area (Å²) in [5, 5.41) is 16.8. The maximum Gasteiger partial charge on any atom is 0.144 e. The molecule has 0 saturated heterocycles. The Morgan fingerprint density at radius 2 is 1.21 bits per heavy atom. The number of rotatable bonds is 6. The molecule has 11 rings (SSSR count). The van der Waals surface area contributed by atoms with Gasteiger partial charge in [-0.25, -0.2) is 4.98 Å². The number of fused-ring (bicyclic) bond motifs is 5. The Labute approximate surface area is 386 Å². The molecule has 0 atom stereocenters. The van der Waals surface area contributed by atoms with Crippen LogP contribution in [0.2, 0.25) is 0 Å². The summed E-state index contributed by atoms with van der Waals surface area (Å²) < 4.78 is 4.47. The van der Waals surface area contributed by atoms with Crippen LogP contribution in [0, 0.1) is 0 Å². The van der Waals surface area contributed by atoms with Gasteiger partial charge >= 0.3 is 0 Å². The Hall–Kier alpha value is -7.76. The van der Waals surface area contributed by atoms with E-state index in [1.54, 1.807) is 0 Å². The third kappa shape index (κ3) is 6.85. The van der Waals surface area contributed by atoms with E-state index in [9.17, 15) is 5.11 Å². The first-order valence-corrected chi connectivity index (χ1v) is 22.9. The largest absolute Gasteiger partial charge is 0.507 e. The standard InChI is InChI=1S/C61H52N4O/c1-60(2,3)43-28-30-45-39(35-43)27-31-51(61(4,5)6)56(45)42-26-29-50(55(66)37-42)59-63-57-46(21-15-25-54(57)64(59)7)38-16-13-17-41(34-38)52-36-40(32-33-62-52)47-22-14-23-49-48-20-11-12-24-53(48)65(58(47)49)44-18-9-8-10-19-44/h8-37,66H,1-7H3. The van der Waals surface area contributed by atoms with Gasteiger partial charge in [0.25, 0.3) is 0 Å². The first-order chi connectivity index (χ1) is 31.8. The van der Waals surface area contributed by atoms with Crippen LogP contribution in [0.15, 0.2) is 182 Å². The van der Waals surface area contributed by atoms with Crippen molar-refractivity contribution in [3.8, 4) is 67.5 Å². The molecule has 0 amide bonds. The molecule has 0 unspecified atom stereocenters. The first kappa shape index (κ1) is 41.0. The highest BCUT2D eigenvalue weighted by Crippen LogP contribution is 2.44. The third-order valence-corrected chi connectivity index (χ3v) is 13.4. The highest BCUT2D eigenvalue weighted by Gasteiger charge is 2.24. The lowest BCUT2D eigenvalue weighted by Gasteiger charge is -2.26. The highest BCUT2D eigenvalue weighted by atomic mass is 16.3. The molecule has 3 heterocycles. The van der Waals surface area contributed by atoms with Gasteiger partial charge in [-0.2, -0.15) is 0 Å². The van der Waals surface area contributed by atoms with E-state index in [2.05, 4.69) is 214 Å². The lowest BCUT2D eigenvalue weighted by atomic mass is 9.78. The molecular weight excluding hydrogens is 805 g/mol. The van der Waals surface area contributed by atoms with E-state index in [0.717, 1.165) is 61.4 Å². The van der Waals surface area contributed by atoms with Gasteiger partial charge in [-0.15, -0.1) is 0 Å². The lowest BCUT2D eigenvalue weighted by Crippen LogP contribution is -2.14.